The predicted molar refractivity (Wildman–Crippen MR) is 72.8 cm³/mol. The molecule has 0 bridgehead atoms. The van der Waals surface area contributed by atoms with Gasteiger partial charge in [-0.05, 0) is 44.5 Å². The number of aromatic nitrogens is 2. The van der Waals surface area contributed by atoms with Crippen LogP contribution < -0.4 is 4.74 Å². The maximum Gasteiger partial charge on any atom is 0.144 e. The molecule has 0 aliphatic heterocycles. The van der Waals surface area contributed by atoms with Crippen molar-refractivity contribution in [2.75, 3.05) is 6.61 Å². The lowest BCUT2D eigenvalue weighted by Gasteiger charge is -2.09. The summed E-state index contributed by atoms with van der Waals surface area (Å²) < 4.78 is 5.51. The van der Waals surface area contributed by atoms with Gasteiger partial charge in [-0.25, -0.2) is 9.97 Å². The third-order valence-electron chi connectivity index (χ3n) is 2.72. The van der Waals surface area contributed by atoms with Crippen LogP contribution in [0.4, 0.5) is 0 Å². The quantitative estimate of drug-likeness (QED) is 0.843. The fourth-order valence-electron chi connectivity index (χ4n) is 1.90. The molecule has 0 aliphatic carbocycles. The standard InChI is InChI=1S/C15H15N3O/c1-4-19-15-6-5-12(7-10(15)2)14-8-13(9-16)17-11(3)18-14/h5-8H,4H2,1-3H3. The molecule has 0 radical (unpaired) electrons. The van der Waals surface area contributed by atoms with Gasteiger partial charge in [0.2, 0.25) is 0 Å². The monoisotopic (exact) mass is 253 g/mol. The van der Waals surface area contributed by atoms with Gasteiger partial charge in [0.1, 0.15) is 23.3 Å². The highest BCUT2D eigenvalue weighted by atomic mass is 16.5. The lowest BCUT2D eigenvalue weighted by atomic mass is 10.1. The number of nitrogens with zero attached hydrogens (tertiary/aromatic N) is 3. The lowest BCUT2D eigenvalue weighted by Crippen LogP contribution is -1.97. The molecule has 0 spiro atoms. The molecule has 0 N–H and O–H groups in total. The fourth-order valence-corrected chi connectivity index (χ4v) is 1.90. The molecule has 0 saturated carbocycles. The van der Waals surface area contributed by atoms with Crippen molar-refractivity contribution in [1.29, 1.82) is 5.26 Å². The molecule has 0 atom stereocenters. The Morgan fingerprint density at radius 2 is 2.00 bits per heavy atom. The van der Waals surface area contributed by atoms with Crippen molar-refractivity contribution in [3.8, 4) is 23.1 Å². The van der Waals surface area contributed by atoms with E-state index in [1.807, 2.05) is 38.1 Å². The summed E-state index contributed by atoms with van der Waals surface area (Å²) in [5.74, 6) is 1.47. The molecule has 1 heterocycles. The van der Waals surface area contributed by atoms with E-state index in [1.165, 1.54) is 0 Å². The van der Waals surface area contributed by atoms with Gasteiger partial charge in [-0.1, -0.05) is 0 Å². The molecule has 2 rings (SSSR count). The molecule has 0 unspecified atom stereocenters. The molecule has 0 amide bonds. The van der Waals surface area contributed by atoms with Crippen LogP contribution in [0.15, 0.2) is 24.3 Å². The maximum absolute atomic E-state index is 8.94. The molecule has 0 fully saturated rings. The average Bonchev–Trinajstić information content (AvgIpc) is 2.40. The van der Waals surface area contributed by atoms with E-state index in [4.69, 9.17) is 10.00 Å². The Kier molecular flexibility index (Phi) is 3.76. The third kappa shape index (κ3) is 2.89. The zero-order chi connectivity index (χ0) is 13.8. The summed E-state index contributed by atoms with van der Waals surface area (Å²) >= 11 is 0. The first kappa shape index (κ1) is 13.0. The van der Waals surface area contributed by atoms with Crippen LogP contribution in [0.2, 0.25) is 0 Å². The summed E-state index contributed by atoms with van der Waals surface area (Å²) in [7, 11) is 0. The molecule has 4 nitrogen and oxygen atoms in total. The second kappa shape index (κ2) is 5.49. The highest BCUT2D eigenvalue weighted by Gasteiger charge is 2.06. The zero-order valence-electron chi connectivity index (χ0n) is 11.3. The number of hydrogen-bond acceptors (Lipinski definition) is 4. The minimum Gasteiger partial charge on any atom is -0.494 e. The van der Waals surface area contributed by atoms with E-state index in [0.717, 1.165) is 22.6 Å². The SMILES string of the molecule is CCOc1ccc(-c2cc(C#N)nc(C)n2)cc1C. The Labute approximate surface area is 112 Å². The molecule has 1 aromatic carbocycles. The van der Waals surface area contributed by atoms with Gasteiger partial charge in [0.15, 0.2) is 0 Å². The van der Waals surface area contributed by atoms with Gasteiger partial charge in [-0.2, -0.15) is 5.26 Å². The summed E-state index contributed by atoms with van der Waals surface area (Å²) in [6, 6.07) is 9.63. The first-order valence-electron chi connectivity index (χ1n) is 6.13. The smallest absolute Gasteiger partial charge is 0.144 e. The van der Waals surface area contributed by atoms with Crippen LogP contribution >= 0.6 is 0 Å². The number of aryl methyl sites for hydroxylation is 2. The number of rotatable bonds is 3. The van der Waals surface area contributed by atoms with Crippen LogP contribution in [-0.2, 0) is 0 Å². The third-order valence-corrected chi connectivity index (χ3v) is 2.72. The van der Waals surface area contributed by atoms with E-state index in [2.05, 4.69) is 9.97 Å². The topological polar surface area (TPSA) is 58.8 Å². The molecule has 0 saturated heterocycles. The van der Waals surface area contributed by atoms with Crippen molar-refractivity contribution < 1.29 is 4.74 Å². The van der Waals surface area contributed by atoms with Gasteiger partial charge >= 0.3 is 0 Å². The van der Waals surface area contributed by atoms with Gasteiger partial charge in [0.05, 0.1) is 12.3 Å². The minimum atomic E-state index is 0.383. The number of benzene rings is 1. The molecule has 0 aliphatic rings. The van der Waals surface area contributed by atoms with E-state index >= 15 is 0 Å². The van der Waals surface area contributed by atoms with E-state index in [0.29, 0.717) is 18.1 Å². The molecular weight excluding hydrogens is 238 g/mol. The van der Waals surface area contributed by atoms with Crippen LogP contribution in [0.25, 0.3) is 11.3 Å². The van der Waals surface area contributed by atoms with Gasteiger partial charge in [-0.3, -0.25) is 0 Å². The van der Waals surface area contributed by atoms with Crippen LogP contribution in [0.5, 0.6) is 5.75 Å². The van der Waals surface area contributed by atoms with Gasteiger partial charge in [-0.15, -0.1) is 0 Å². The Bertz CT molecular complexity index is 644. The molecular formula is C15H15N3O. The molecule has 19 heavy (non-hydrogen) atoms. The summed E-state index contributed by atoms with van der Waals surface area (Å²) in [5.41, 5.74) is 3.15. The van der Waals surface area contributed by atoms with Crippen LogP contribution in [0.3, 0.4) is 0 Å². The first-order valence-corrected chi connectivity index (χ1v) is 6.13. The Morgan fingerprint density at radius 3 is 2.63 bits per heavy atom. The Morgan fingerprint density at radius 1 is 1.21 bits per heavy atom. The van der Waals surface area contributed by atoms with Crippen molar-refractivity contribution in [3.05, 3.63) is 41.3 Å². The van der Waals surface area contributed by atoms with Crippen LogP contribution in [-0.4, -0.2) is 16.6 Å². The Balaban J connectivity index is 2.45. The minimum absolute atomic E-state index is 0.383. The van der Waals surface area contributed by atoms with E-state index in [9.17, 15) is 0 Å². The van der Waals surface area contributed by atoms with Crippen molar-refractivity contribution in [3.63, 3.8) is 0 Å². The molecule has 1 aromatic heterocycles. The highest BCUT2D eigenvalue weighted by Crippen LogP contribution is 2.25. The normalized spacial score (nSPS) is 10.0. The number of nitriles is 1. The van der Waals surface area contributed by atoms with Crippen molar-refractivity contribution in [2.45, 2.75) is 20.8 Å². The summed E-state index contributed by atoms with van der Waals surface area (Å²) in [4.78, 5) is 8.42. The zero-order valence-corrected chi connectivity index (χ0v) is 11.3. The first-order chi connectivity index (χ1) is 9.13. The van der Waals surface area contributed by atoms with E-state index in [1.54, 1.807) is 13.0 Å². The molecule has 2 aromatic rings. The van der Waals surface area contributed by atoms with Gasteiger partial charge < -0.3 is 4.74 Å². The van der Waals surface area contributed by atoms with Crippen LogP contribution in [0, 0.1) is 25.2 Å². The van der Waals surface area contributed by atoms with E-state index in [-0.39, 0.29) is 0 Å². The Hall–Kier alpha value is -2.41. The van der Waals surface area contributed by atoms with E-state index < -0.39 is 0 Å². The average molecular weight is 253 g/mol. The summed E-state index contributed by atoms with van der Waals surface area (Å²) in [6.45, 7) is 6.38. The van der Waals surface area contributed by atoms with Crippen molar-refractivity contribution in [2.24, 2.45) is 0 Å². The summed E-state index contributed by atoms with van der Waals surface area (Å²) in [5, 5.41) is 8.94. The largest absolute Gasteiger partial charge is 0.494 e. The second-order valence-corrected chi connectivity index (χ2v) is 4.21. The fraction of sp³-hybridized carbons (Fsp3) is 0.267. The van der Waals surface area contributed by atoms with Gasteiger partial charge in [0.25, 0.3) is 0 Å². The number of hydrogen-bond donors (Lipinski definition) is 0. The molecule has 96 valence electrons. The summed E-state index contributed by atoms with van der Waals surface area (Å²) in [6.07, 6.45) is 0. The van der Waals surface area contributed by atoms with Crippen molar-refractivity contribution >= 4 is 0 Å². The lowest BCUT2D eigenvalue weighted by molar-refractivity contribution is 0.338. The second-order valence-electron chi connectivity index (χ2n) is 4.21. The maximum atomic E-state index is 8.94. The molecule has 4 heteroatoms. The number of ether oxygens (including phenoxy) is 1. The van der Waals surface area contributed by atoms with Crippen molar-refractivity contribution in [1.82, 2.24) is 9.97 Å². The predicted octanol–water partition coefficient (Wildman–Crippen LogP) is 3.03. The highest BCUT2D eigenvalue weighted by molar-refractivity contribution is 5.62. The van der Waals surface area contributed by atoms with Crippen LogP contribution in [0.1, 0.15) is 24.0 Å². The van der Waals surface area contributed by atoms with Gasteiger partial charge in [0, 0.05) is 11.6 Å².